The quantitative estimate of drug-likeness (QED) is 0.299. The van der Waals surface area contributed by atoms with E-state index in [-0.39, 0.29) is 0 Å². The van der Waals surface area contributed by atoms with E-state index in [4.69, 9.17) is 15.3 Å². The number of rotatable bonds is 7. The zero-order chi connectivity index (χ0) is 13.6. The van der Waals surface area contributed by atoms with E-state index in [1.54, 1.807) is 5.32 Å². The molecule has 0 aromatic heterocycles. The van der Waals surface area contributed by atoms with E-state index in [1.165, 1.54) is 0 Å². The molecule has 0 aliphatic heterocycles. The Balaban J connectivity index is 4.50. The van der Waals surface area contributed by atoms with Crippen LogP contribution in [0.25, 0.3) is 0 Å². The number of hydrogen-bond acceptors (Lipinski definition) is 5. The van der Waals surface area contributed by atoms with Crippen molar-refractivity contribution in [2.45, 2.75) is 18.9 Å². The average molecular weight is 247 g/mol. The van der Waals surface area contributed by atoms with Crippen molar-refractivity contribution in [2.75, 3.05) is 0 Å². The summed E-state index contributed by atoms with van der Waals surface area (Å²) in [5.41, 5.74) is 0. The van der Waals surface area contributed by atoms with Gasteiger partial charge in [-0.2, -0.15) is 0 Å². The van der Waals surface area contributed by atoms with Crippen molar-refractivity contribution >= 4 is 29.6 Å². The molecule has 0 heterocycles. The second-order valence-corrected chi connectivity index (χ2v) is 2.93. The molecule has 0 aliphatic carbocycles. The molecule has 94 valence electrons. The van der Waals surface area contributed by atoms with Crippen molar-refractivity contribution in [2.24, 2.45) is 0 Å². The zero-order valence-corrected chi connectivity index (χ0v) is 8.37. The SMILES string of the molecule is O=C(O)CC[C@H](NC(=O)C(=O)C(=O)O)C(=O)O. The van der Waals surface area contributed by atoms with Gasteiger partial charge in [-0.25, -0.2) is 9.59 Å². The second-order valence-electron chi connectivity index (χ2n) is 2.93. The van der Waals surface area contributed by atoms with Gasteiger partial charge in [-0.15, -0.1) is 0 Å². The number of aliphatic carboxylic acids is 3. The van der Waals surface area contributed by atoms with Gasteiger partial charge in [0.15, 0.2) is 0 Å². The maximum absolute atomic E-state index is 10.9. The largest absolute Gasteiger partial charge is 0.481 e. The van der Waals surface area contributed by atoms with E-state index in [1.807, 2.05) is 0 Å². The molecule has 9 nitrogen and oxygen atoms in total. The highest BCUT2D eigenvalue weighted by Gasteiger charge is 2.27. The highest BCUT2D eigenvalue weighted by atomic mass is 16.4. The minimum absolute atomic E-state index is 0.455. The molecule has 17 heavy (non-hydrogen) atoms. The summed E-state index contributed by atoms with van der Waals surface area (Å²) in [4.78, 5) is 52.4. The lowest BCUT2D eigenvalue weighted by Gasteiger charge is -2.11. The number of ketones is 1. The van der Waals surface area contributed by atoms with Crippen LogP contribution >= 0.6 is 0 Å². The van der Waals surface area contributed by atoms with Gasteiger partial charge < -0.3 is 20.6 Å². The van der Waals surface area contributed by atoms with Crippen molar-refractivity contribution in [1.82, 2.24) is 5.32 Å². The lowest BCUT2D eigenvalue weighted by atomic mass is 10.1. The number of nitrogens with one attached hydrogen (secondary N) is 1. The van der Waals surface area contributed by atoms with Gasteiger partial charge in [0.05, 0.1) is 0 Å². The molecule has 0 radical (unpaired) electrons. The van der Waals surface area contributed by atoms with Gasteiger partial charge in [0.25, 0.3) is 5.91 Å². The number of hydrogen-bond donors (Lipinski definition) is 4. The van der Waals surface area contributed by atoms with Crippen molar-refractivity contribution in [3.63, 3.8) is 0 Å². The number of carboxylic acids is 3. The molecule has 9 heteroatoms. The lowest BCUT2D eigenvalue weighted by molar-refractivity contribution is -0.154. The minimum Gasteiger partial charge on any atom is -0.481 e. The van der Waals surface area contributed by atoms with Crippen LogP contribution in [0.1, 0.15) is 12.8 Å². The first-order valence-electron chi connectivity index (χ1n) is 4.28. The fourth-order valence-electron chi connectivity index (χ4n) is 0.846. The molecular weight excluding hydrogens is 238 g/mol. The Kier molecular flexibility index (Phi) is 5.31. The summed E-state index contributed by atoms with van der Waals surface area (Å²) >= 11 is 0. The number of carboxylic acid groups (broad SMARTS) is 3. The maximum atomic E-state index is 10.9. The molecular formula is C8H9NO8. The summed E-state index contributed by atoms with van der Waals surface area (Å²) in [7, 11) is 0. The lowest BCUT2D eigenvalue weighted by Crippen LogP contribution is -2.46. The Labute approximate surface area is 94.0 Å². The first-order chi connectivity index (χ1) is 7.75. The Morgan fingerprint density at radius 3 is 1.88 bits per heavy atom. The van der Waals surface area contributed by atoms with Crippen LogP contribution in [0.5, 0.6) is 0 Å². The summed E-state index contributed by atoms with van der Waals surface area (Å²) < 4.78 is 0. The Bertz CT molecular complexity index is 374. The minimum atomic E-state index is -2.02. The molecule has 0 bridgehead atoms. The second kappa shape index (κ2) is 6.20. The molecule has 0 aromatic rings. The first-order valence-corrected chi connectivity index (χ1v) is 4.28. The third kappa shape index (κ3) is 5.25. The maximum Gasteiger partial charge on any atom is 0.382 e. The van der Waals surface area contributed by atoms with Gasteiger partial charge in [0.1, 0.15) is 6.04 Å². The van der Waals surface area contributed by atoms with E-state index in [0.29, 0.717) is 0 Å². The highest BCUT2D eigenvalue weighted by Crippen LogP contribution is 1.98. The summed E-state index contributed by atoms with van der Waals surface area (Å²) in [6.45, 7) is 0. The van der Waals surface area contributed by atoms with Crippen LogP contribution in [-0.4, -0.2) is 51.0 Å². The van der Waals surface area contributed by atoms with Gasteiger partial charge in [0, 0.05) is 6.42 Å². The Morgan fingerprint density at radius 1 is 1.00 bits per heavy atom. The molecule has 4 N–H and O–H groups in total. The van der Waals surface area contributed by atoms with Gasteiger partial charge in [-0.05, 0) is 6.42 Å². The molecule has 0 unspecified atom stereocenters. The molecule has 0 fully saturated rings. The van der Waals surface area contributed by atoms with Gasteiger partial charge in [-0.1, -0.05) is 0 Å². The van der Waals surface area contributed by atoms with Crippen LogP contribution in [-0.2, 0) is 24.0 Å². The third-order valence-electron chi connectivity index (χ3n) is 1.65. The molecule has 0 saturated carbocycles. The third-order valence-corrected chi connectivity index (χ3v) is 1.65. The summed E-state index contributed by atoms with van der Waals surface area (Å²) in [6.07, 6.45) is -0.998. The molecule has 0 rings (SSSR count). The molecule has 0 aromatic carbocycles. The predicted octanol–water partition coefficient (Wildman–Crippen LogP) is -1.93. The molecule has 0 spiro atoms. The van der Waals surface area contributed by atoms with E-state index < -0.39 is 48.5 Å². The van der Waals surface area contributed by atoms with Crippen molar-refractivity contribution in [3.05, 3.63) is 0 Å². The fraction of sp³-hybridized carbons (Fsp3) is 0.375. The molecule has 0 saturated heterocycles. The molecule has 1 amide bonds. The Hall–Kier alpha value is -2.45. The van der Waals surface area contributed by atoms with Crippen LogP contribution in [0.15, 0.2) is 0 Å². The van der Waals surface area contributed by atoms with E-state index in [2.05, 4.69) is 0 Å². The highest BCUT2D eigenvalue weighted by molar-refractivity contribution is 6.61. The summed E-state index contributed by atoms with van der Waals surface area (Å²) in [5, 5.41) is 26.7. The molecule has 1 atom stereocenters. The fourth-order valence-corrected chi connectivity index (χ4v) is 0.846. The number of carbonyl (C=O) groups is 5. The average Bonchev–Trinajstić information content (AvgIpc) is 2.21. The van der Waals surface area contributed by atoms with Gasteiger partial charge in [0.2, 0.25) is 0 Å². The summed E-state index contributed by atoms with van der Waals surface area (Å²) in [5.74, 6) is -8.28. The van der Waals surface area contributed by atoms with Crippen LogP contribution in [0, 0.1) is 0 Å². The first kappa shape index (κ1) is 14.6. The zero-order valence-electron chi connectivity index (χ0n) is 8.37. The van der Waals surface area contributed by atoms with E-state index in [9.17, 15) is 24.0 Å². The normalized spacial score (nSPS) is 11.3. The smallest absolute Gasteiger partial charge is 0.382 e. The van der Waals surface area contributed by atoms with Gasteiger partial charge >= 0.3 is 23.7 Å². The van der Waals surface area contributed by atoms with Crippen molar-refractivity contribution in [1.29, 1.82) is 0 Å². The predicted molar refractivity (Wildman–Crippen MR) is 49.1 cm³/mol. The number of amides is 1. The topological polar surface area (TPSA) is 158 Å². The van der Waals surface area contributed by atoms with E-state index in [0.717, 1.165) is 0 Å². The van der Waals surface area contributed by atoms with Crippen LogP contribution < -0.4 is 5.32 Å². The Morgan fingerprint density at radius 2 is 1.53 bits per heavy atom. The van der Waals surface area contributed by atoms with Crippen LogP contribution in [0.2, 0.25) is 0 Å². The van der Waals surface area contributed by atoms with E-state index >= 15 is 0 Å². The number of carbonyl (C=O) groups excluding carboxylic acids is 2. The molecule has 0 aliphatic rings. The standard InChI is InChI=1S/C8H9NO8/c10-4(11)2-1-3(7(14)15)9-6(13)5(12)8(16)17/h3H,1-2H2,(H,9,13)(H,10,11)(H,14,15)(H,16,17)/t3-/m0/s1. The van der Waals surface area contributed by atoms with Crippen LogP contribution in [0.3, 0.4) is 0 Å². The van der Waals surface area contributed by atoms with Crippen molar-refractivity contribution < 1.29 is 39.3 Å². The van der Waals surface area contributed by atoms with Crippen LogP contribution in [0.4, 0.5) is 0 Å². The number of Topliss-reactive ketones (excluding diaryl/α,β-unsaturated/α-hetero) is 1. The van der Waals surface area contributed by atoms with Crippen molar-refractivity contribution in [3.8, 4) is 0 Å². The monoisotopic (exact) mass is 247 g/mol. The summed E-state index contributed by atoms with van der Waals surface area (Å²) in [6, 6.07) is -1.62. The van der Waals surface area contributed by atoms with Gasteiger partial charge in [-0.3, -0.25) is 14.4 Å².